The van der Waals surface area contributed by atoms with E-state index < -0.39 is 30.8 Å². The smallest absolute Gasteiger partial charge is 0.373 e. The average Bonchev–Trinajstić information content (AvgIpc) is 2.86. The number of hydrogen-bond donors (Lipinski definition) is 2. The van der Waals surface area contributed by atoms with Gasteiger partial charge in [-0.2, -0.15) is 18.3 Å². The van der Waals surface area contributed by atoms with Crippen LogP contribution in [0.15, 0.2) is 24.3 Å². The van der Waals surface area contributed by atoms with Crippen molar-refractivity contribution < 1.29 is 22.7 Å². The number of rotatable bonds is 1. The second kappa shape index (κ2) is 5.22. The van der Waals surface area contributed by atoms with Crippen LogP contribution in [0.2, 0.25) is 5.02 Å². The fourth-order valence-electron chi connectivity index (χ4n) is 2.33. The van der Waals surface area contributed by atoms with Gasteiger partial charge in [-0.1, -0.05) is 11.6 Å². The molecule has 0 spiro atoms. The van der Waals surface area contributed by atoms with Crippen LogP contribution in [0.1, 0.15) is 18.0 Å². The van der Waals surface area contributed by atoms with Gasteiger partial charge in [-0.3, -0.25) is 10.00 Å². The van der Waals surface area contributed by atoms with E-state index in [1.807, 2.05) is 0 Å². The number of aliphatic hydroxyl groups is 1. The number of alkyl halides is 3. The van der Waals surface area contributed by atoms with Crippen molar-refractivity contribution in [2.75, 3.05) is 6.54 Å². The van der Waals surface area contributed by atoms with Gasteiger partial charge < -0.3 is 5.11 Å². The summed E-state index contributed by atoms with van der Waals surface area (Å²) in [5.74, 6) is -0.635. The lowest BCUT2D eigenvalue weighted by molar-refractivity contribution is -0.175. The van der Waals surface area contributed by atoms with E-state index in [9.17, 15) is 22.7 Å². The zero-order valence-corrected chi connectivity index (χ0v) is 11.7. The van der Waals surface area contributed by atoms with E-state index in [-0.39, 0.29) is 16.4 Å². The molecular formula is C13H10ClF4N3O. The van der Waals surface area contributed by atoms with E-state index in [1.54, 1.807) is 0 Å². The van der Waals surface area contributed by atoms with Gasteiger partial charge in [-0.05, 0) is 24.3 Å². The fraction of sp³-hybridized carbons (Fsp3) is 0.308. The summed E-state index contributed by atoms with van der Waals surface area (Å²) in [4.78, 5) is 0. The van der Waals surface area contributed by atoms with E-state index in [0.29, 0.717) is 5.56 Å². The molecule has 1 aliphatic rings. The molecule has 2 heterocycles. The minimum Gasteiger partial charge on any atom is -0.373 e. The fourth-order valence-corrected chi connectivity index (χ4v) is 2.51. The molecule has 2 unspecified atom stereocenters. The van der Waals surface area contributed by atoms with E-state index in [0.717, 1.165) is 10.7 Å². The molecule has 0 saturated carbocycles. The Morgan fingerprint density at radius 2 is 2.05 bits per heavy atom. The number of nitrogens with zero attached hydrogens (tertiary/aromatic N) is 2. The van der Waals surface area contributed by atoms with Crippen molar-refractivity contribution in [1.29, 1.82) is 0 Å². The third-order valence-corrected chi connectivity index (χ3v) is 3.73. The first kappa shape index (κ1) is 15.3. The van der Waals surface area contributed by atoms with Gasteiger partial charge in [0.1, 0.15) is 12.0 Å². The predicted molar refractivity (Wildman–Crippen MR) is 70.7 cm³/mol. The lowest BCUT2D eigenvalue weighted by Crippen LogP contribution is -2.43. The topological polar surface area (TPSA) is 50.1 Å². The quantitative estimate of drug-likeness (QED) is 0.788. The van der Waals surface area contributed by atoms with E-state index >= 15 is 0 Å². The van der Waals surface area contributed by atoms with Crippen LogP contribution in [0, 0.1) is 5.82 Å². The molecular weight excluding hydrogens is 326 g/mol. The maximum absolute atomic E-state index is 13.2. The number of aromatic nitrogens is 2. The Bertz CT molecular complexity index is 716. The summed E-state index contributed by atoms with van der Waals surface area (Å²) in [5.41, 5.74) is 0.527. The van der Waals surface area contributed by atoms with Crippen molar-refractivity contribution in [1.82, 2.24) is 15.1 Å². The second-order valence-corrected chi connectivity index (χ2v) is 5.30. The summed E-state index contributed by atoms with van der Waals surface area (Å²) in [6.07, 6.45) is -5.76. The highest BCUT2D eigenvalue weighted by atomic mass is 35.5. The molecule has 1 aromatic carbocycles. The zero-order chi connectivity index (χ0) is 16.1. The standard InChI is InChI=1S/C13H10ClF4N3O/c14-7-3-6(1-2-8(7)15)9-4-10-12(22)19-5-11(13(16,17)18)21(10)20-9/h1-4,11-12,19,22H,5H2. The Morgan fingerprint density at radius 1 is 1.32 bits per heavy atom. The van der Waals surface area contributed by atoms with Gasteiger partial charge in [0.15, 0.2) is 6.04 Å². The normalized spacial score (nSPS) is 21.7. The van der Waals surface area contributed by atoms with Gasteiger partial charge in [0.2, 0.25) is 0 Å². The van der Waals surface area contributed by atoms with Crippen molar-refractivity contribution in [3.8, 4) is 11.3 Å². The summed E-state index contributed by atoms with van der Waals surface area (Å²) in [7, 11) is 0. The molecule has 0 bridgehead atoms. The van der Waals surface area contributed by atoms with E-state index in [1.165, 1.54) is 18.2 Å². The highest BCUT2D eigenvalue weighted by Crippen LogP contribution is 2.36. The third-order valence-electron chi connectivity index (χ3n) is 3.44. The van der Waals surface area contributed by atoms with Crippen LogP contribution in [-0.2, 0) is 0 Å². The highest BCUT2D eigenvalue weighted by molar-refractivity contribution is 6.31. The number of aliphatic hydroxyl groups excluding tert-OH is 1. The maximum Gasteiger partial charge on any atom is 0.412 e. The number of hydrogen-bond acceptors (Lipinski definition) is 3. The number of nitrogens with one attached hydrogen (secondary N) is 1. The first-order chi connectivity index (χ1) is 10.3. The summed E-state index contributed by atoms with van der Waals surface area (Å²) < 4.78 is 53.0. The summed E-state index contributed by atoms with van der Waals surface area (Å²) >= 11 is 5.67. The summed E-state index contributed by atoms with van der Waals surface area (Å²) in [6, 6.07) is 3.17. The van der Waals surface area contributed by atoms with Crippen molar-refractivity contribution >= 4 is 11.6 Å². The van der Waals surface area contributed by atoms with Crippen LogP contribution in [0.5, 0.6) is 0 Å². The maximum atomic E-state index is 13.2. The Balaban J connectivity index is 2.08. The lowest BCUT2D eigenvalue weighted by Gasteiger charge is -2.30. The Hall–Kier alpha value is -1.64. The van der Waals surface area contributed by atoms with Crippen molar-refractivity contribution in [3.63, 3.8) is 0 Å². The molecule has 2 aromatic rings. The largest absolute Gasteiger partial charge is 0.412 e. The van der Waals surface area contributed by atoms with Gasteiger partial charge >= 0.3 is 6.18 Å². The molecule has 4 nitrogen and oxygen atoms in total. The van der Waals surface area contributed by atoms with Crippen molar-refractivity contribution in [2.24, 2.45) is 0 Å². The number of halogens is 5. The summed E-state index contributed by atoms with van der Waals surface area (Å²) in [5, 5.41) is 15.9. The molecule has 1 aliphatic heterocycles. The molecule has 2 N–H and O–H groups in total. The van der Waals surface area contributed by atoms with Crippen LogP contribution in [0.25, 0.3) is 11.3 Å². The first-order valence-corrected chi connectivity index (χ1v) is 6.68. The Labute approximate surface area is 127 Å². The van der Waals surface area contributed by atoms with Crippen molar-refractivity contribution in [3.05, 3.63) is 40.8 Å². The van der Waals surface area contributed by atoms with E-state index in [4.69, 9.17) is 11.6 Å². The van der Waals surface area contributed by atoms with Crippen LogP contribution >= 0.6 is 11.6 Å². The first-order valence-electron chi connectivity index (χ1n) is 6.30. The van der Waals surface area contributed by atoms with Crippen LogP contribution < -0.4 is 5.32 Å². The molecule has 9 heteroatoms. The average molecular weight is 336 g/mol. The molecule has 0 radical (unpaired) electrons. The molecule has 3 rings (SSSR count). The Kier molecular flexibility index (Phi) is 3.62. The molecule has 2 atom stereocenters. The predicted octanol–water partition coefficient (Wildman–Crippen LogP) is 3.04. The number of fused-ring (bicyclic) bond motifs is 1. The van der Waals surface area contributed by atoms with Gasteiger partial charge in [-0.25, -0.2) is 4.39 Å². The molecule has 0 amide bonds. The Morgan fingerprint density at radius 3 is 2.68 bits per heavy atom. The van der Waals surface area contributed by atoms with Crippen LogP contribution in [-0.4, -0.2) is 27.6 Å². The minimum atomic E-state index is -4.51. The molecule has 22 heavy (non-hydrogen) atoms. The van der Waals surface area contributed by atoms with Crippen LogP contribution in [0.4, 0.5) is 17.6 Å². The SMILES string of the molecule is OC1NCC(C(F)(F)F)n2nc(-c3ccc(F)c(Cl)c3)cc21. The van der Waals surface area contributed by atoms with E-state index in [2.05, 4.69) is 10.4 Å². The van der Waals surface area contributed by atoms with Crippen LogP contribution in [0.3, 0.4) is 0 Å². The second-order valence-electron chi connectivity index (χ2n) is 4.90. The monoisotopic (exact) mass is 335 g/mol. The molecule has 0 saturated heterocycles. The van der Waals surface area contributed by atoms with Gasteiger partial charge in [0.25, 0.3) is 0 Å². The molecule has 0 fully saturated rings. The molecule has 0 aliphatic carbocycles. The summed E-state index contributed by atoms with van der Waals surface area (Å²) in [6.45, 7) is -0.483. The lowest BCUT2D eigenvalue weighted by atomic mass is 10.1. The molecule has 1 aromatic heterocycles. The third kappa shape index (κ3) is 2.57. The van der Waals surface area contributed by atoms with Gasteiger partial charge in [0.05, 0.1) is 16.4 Å². The van der Waals surface area contributed by atoms with Crippen molar-refractivity contribution in [2.45, 2.75) is 18.4 Å². The van der Waals surface area contributed by atoms with Gasteiger partial charge in [0, 0.05) is 12.1 Å². The zero-order valence-electron chi connectivity index (χ0n) is 10.9. The minimum absolute atomic E-state index is 0.0102. The highest BCUT2D eigenvalue weighted by Gasteiger charge is 2.45. The molecule has 118 valence electrons. The van der Waals surface area contributed by atoms with Gasteiger partial charge in [-0.15, -0.1) is 0 Å². The number of benzene rings is 1.